The van der Waals surface area contributed by atoms with E-state index in [2.05, 4.69) is 20.5 Å². The number of carbonyl (C=O) groups excluding carboxylic acids is 1. The Labute approximate surface area is 157 Å². The molecule has 0 saturated heterocycles. The third kappa shape index (κ3) is 2.88. The van der Waals surface area contributed by atoms with Crippen LogP contribution in [0.3, 0.4) is 0 Å². The Morgan fingerprint density at radius 1 is 1.11 bits per heavy atom. The molecule has 3 aromatic heterocycles. The Balaban J connectivity index is 1.33. The fraction of sp³-hybridized carbons (Fsp3) is 0.0500. The van der Waals surface area contributed by atoms with E-state index in [0.29, 0.717) is 23.6 Å². The number of nitrogens with zero attached hydrogens (tertiary/aromatic N) is 2. The number of amides is 1. The minimum atomic E-state index is -0.178. The van der Waals surface area contributed by atoms with Crippen LogP contribution in [0.25, 0.3) is 31.9 Å². The van der Waals surface area contributed by atoms with Crippen molar-refractivity contribution in [3.8, 4) is 10.8 Å². The smallest absolute Gasteiger partial charge is 0.253 e. The van der Waals surface area contributed by atoms with E-state index in [-0.39, 0.29) is 5.91 Å². The van der Waals surface area contributed by atoms with Crippen LogP contribution in [-0.2, 0) is 6.54 Å². The number of aromatic amines is 1. The highest BCUT2D eigenvalue weighted by atomic mass is 32.1. The van der Waals surface area contributed by atoms with E-state index in [1.165, 1.54) is 0 Å². The van der Waals surface area contributed by atoms with E-state index in [4.69, 9.17) is 4.42 Å². The quantitative estimate of drug-likeness (QED) is 0.489. The molecule has 132 valence electrons. The van der Waals surface area contributed by atoms with E-state index in [0.717, 1.165) is 26.1 Å². The summed E-state index contributed by atoms with van der Waals surface area (Å²) in [5, 5.41) is 11.5. The molecule has 0 aliphatic rings. The first-order chi connectivity index (χ1) is 13.3. The van der Waals surface area contributed by atoms with Gasteiger partial charge in [-0.1, -0.05) is 24.3 Å². The van der Waals surface area contributed by atoms with Gasteiger partial charge in [-0.2, -0.15) is 5.10 Å². The molecule has 2 aromatic carbocycles. The van der Waals surface area contributed by atoms with Gasteiger partial charge in [0.2, 0.25) is 0 Å². The molecule has 2 N–H and O–H groups in total. The van der Waals surface area contributed by atoms with Crippen molar-refractivity contribution >= 4 is 38.4 Å². The SMILES string of the molecule is O=C(NCc1ccc(-c2nc3ccccc3s2)o1)c1cccc2cn[nH]c12. The van der Waals surface area contributed by atoms with Gasteiger partial charge in [-0.15, -0.1) is 11.3 Å². The lowest BCUT2D eigenvalue weighted by molar-refractivity contribution is 0.0949. The van der Waals surface area contributed by atoms with Crippen molar-refractivity contribution in [1.29, 1.82) is 0 Å². The van der Waals surface area contributed by atoms with Crippen molar-refractivity contribution in [2.45, 2.75) is 6.54 Å². The molecule has 0 unspecified atom stereocenters. The second kappa shape index (κ2) is 6.37. The van der Waals surface area contributed by atoms with Gasteiger partial charge in [0.25, 0.3) is 5.91 Å². The molecule has 0 bridgehead atoms. The summed E-state index contributed by atoms with van der Waals surface area (Å²) in [7, 11) is 0. The minimum absolute atomic E-state index is 0.178. The number of furan rings is 1. The van der Waals surface area contributed by atoms with Crippen molar-refractivity contribution in [2.75, 3.05) is 0 Å². The normalized spacial score (nSPS) is 11.3. The topological polar surface area (TPSA) is 83.8 Å². The highest BCUT2D eigenvalue weighted by Crippen LogP contribution is 2.31. The summed E-state index contributed by atoms with van der Waals surface area (Å²) in [6.45, 7) is 0.300. The van der Waals surface area contributed by atoms with E-state index in [1.807, 2.05) is 48.5 Å². The molecule has 0 aliphatic carbocycles. The monoisotopic (exact) mass is 374 g/mol. The van der Waals surface area contributed by atoms with Crippen LogP contribution in [0.4, 0.5) is 0 Å². The van der Waals surface area contributed by atoms with Crippen molar-refractivity contribution in [1.82, 2.24) is 20.5 Å². The standard InChI is InChI=1S/C20H14N4O2S/c25-19(14-5-3-4-12-10-22-24-18(12)14)21-11-13-8-9-16(26-13)20-23-15-6-1-2-7-17(15)27-20/h1-10H,11H2,(H,21,25)(H,22,24). The molecule has 6 nitrogen and oxygen atoms in total. The van der Waals surface area contributed by atoms with Crippen LogP contribution >= 0.6 is 11.3 Å². The van der Waals surface area contributed by atoms with Gasteiger partial charge in [-0.05, 0) is 30.3 Å². The van der Waals surface area contributed by atoms with Crippen LogP contribution in [0.5, 0.6) is 0 Å². The minimum Gasteiger partial charge on any atom is -0.457 e. The lowest BCUT2D eigenvalue weighted by atomic mass is 10.1. The number of aromatic nitrogens is 3. The number of hydrogen-bond donors (Lipinski definition) is 2. The summed E-state index contributed by atoms with van der Waals surface area (Å²) in [6, 6.07) is 17.2. The number of hydrogen-bond acceptors (Lipinski definition) is 5. The van der Waals surface area contributed by atoms with Crippen molar-refractivity contribution in [3.05, 3.63) is 72.1 Å². The van der Waals surface area contributed by atoms with Gasteiger partial charge < -0.3 is 9.73 Å². The summed E-state index contributed by atoms with van der Waals surface area (Å²) >= 11 is 1.58. The second-order valence-corrected chi connectivity index (χ2v) is 7.11. The third-order valence-corrected chi connectivity index (χ3v) is 5.36. The lowest BCUT2D eigenvalue weighted by Gasteiger charge is -2.04. The summed E-state index contributed by atoms with van der Waals surface area (Å²) in [6.07, 6.45) is 1.70. The Hall–Kier alpha value is -3.45. The van der Waals surface area contributed by atoms with Gasteiger partial charge in [-0.25, -0.2) is 4.98 Å². The van der Waals surface area contributed by atoms with Crippen LogP contribution in [-0.4, -0.2) is 21.1 Å². The van der Waals surface area contributed by atoms with Gasteiger partial charge in [0.1, 0.15) is 5.76 Å². The molecule has 3 heterocycles. The third-order valence-electron chi connectivity index (χ3n) is 4.31. The van der Waals surface area contributed by atoms with Crippen LogP contribution in [0.15, 0.2) is 65.2 Å². The number of fused-ring (bicyclic) bond motifs is 2. The highest BCUT2D eigenvalue weighted by molar-refractivity contribution is 7.21. The molecule has 0 atom stereocenters. The predicted molar refractivity (Wildman–Crippen MR) is 105 cm³/mol. The molecule has 0 fully saturated rings. The van der Waals surface area contributed by atoms with Crippen LogP contribution in [0, 0.1) is 0 Å². The first-order valence-corrected chi connectivity index (χ1v) is 9.24. The first kappa shape index (κ1) is 15.8. The number of H-pyrrole nitrogens is 1. The molecule has 0 aliphatic heterocycles. The van der Waals surface area contributed by atoms with E-state index >= 15 is 0 Å². The Bertz CT molecular complexity index is 1230. The number of para-hydroxylation sites is 2. The van der Waals surface area contributed by atoms with Crippen molar-refractivity contribution in [2.24, 2.45) is 0 Å². The summed E-state index contributed by atoms with van der Waals surface area (Å²) in [5.74, 6) is 1.20. The van der Waals surface area contributed by atoms with Crippen LogP contribution < -0.4 is 5.32 Å². The summed E-state index contributed by atoms with van der Waals surface area (Å²) < 4.78 is 6.99. The predicted octanol–water partition coefficient (Wildman–Crippen LogP) is 4.36. The molecule has 5 aromatic rings. The largest absolute Gasteiger partial charge is 0.457 e. The number of rotatable bonds is 4. The van der Waals surface area contributed by atoms with Gasteiger partial charge in [0, 0.05) is 5.39 Å². The fourth-order valence-electron chi connectivity index (χ4n) is 2.99. The molecule has 7 heteroatoms. The Morgan fingerprint density at radius 3 is 2.96 bits per heavy atom. The van der Waals surface area contributed by atoms with Gasteiger partial charge in [-0.3, -0.25) is 9.89 Å². The fourth-order valence-corrected chi connectivity index (χ4v) is 3.91. The number of benzene rings is 2. The van der Waals surface area contributed by atoms with Crippen LogP contribution in [0.1, 0.15) is 16.1 Å². The number of thiazole rings is 1. The van der Waals surface area contributed by atoms with Gasteiger partial charge in [0.05, 0.1) is 34.0 Å². The zero-order chi connectivity index (χ0) is 18.2. The summed E-state index contributed by atoms with van der Waals surface area (Å²) in [5.41, 5.74) is 2.24. The molecule has 1 amide bonds. The van der Waals surface area contributed by atoms with E-state index in [9.17, 15) is 4.79 Å². The molecule has 0 saturated carbocycles. The maximum atomic E-state index is 12.5. The molecule has 0 radical (unpaired) electrons. The first-order valence-electron chi connectivity index (χ1n) is 8.43. The highest BCUT2D eigenvalue weighted by Gasteiger charge is 2.13. The average molecular weight is 374 g/mol. The van der Waals surface area contributed by atoms with Gasteiger partial charge >= 0.3 is 0 Å². The Kier molecular flexibility index (Phi) is 3.72. The maximum Gasteiger partial charge on any atom is 0.253 e. The number of carbonyl (C=O) groups is 1. The second-order valence-electron chi connectivity index (χ2n) is 6.08. The molecule has 0 spiro atoms. The maximum absolute atomic E-state index is 12.5. The van der Waals surface area contributed by atoms with E-state index in [1.54, 1.807) is 23.6 Å². The number of nitrogens with one attached hydrogen (secondary N) is 2. The lowest BCUT2D eigenvalue weighted by Crippen LogP contribution is -2.22. The van der Waals surface area contributed by atoms with Crippen molar-refractivity contribution in [3.63, 3.8) is 0 Å². The van der Waals surface area contributed by atoms with Crippen molar-refractivity contribution < 1.29 is 9.21 Å². The Morgan fingerprint density at radius 2 is 2.04 bits per heavy atom. The van der Waals surface area contributed by atoms with E-state index < -0.39 is 0 Å². The zero-order valence-corrected chi connectivity index (χ0v) is 14.9. The summed E-state index contributed by atoms with van der Waals surface area (Å²) in [4.78, 5) is 17.1. The molecular weight excluding hydrogens is 360 g/mol. The molecular formula is C20H14N4O2S. The van der Waals surface area contributed by atoms with Gasteiger partial charge in [0.15, 0.2) is 10.8 Å². The molecule has 5 rings (SSSR count). The molecule has 27 heavy (non-hydrogen) atoms. The zero-order valence-electron chi connectivity index (χ0n) is 14.1. The van der Waals surface area contributed by atoms with Crippen LogP contribution in [0.2, 0.25) is 0 Å². The average Bonchev–Trinajstić information content (AvgIpc) is 3.43.